The number of nitrogens with zero attached hydrogens (tertiary/aromatic N) is 4. The van der Waals surface area contributed by atoms with E-state index in [9.17, 15) is 10.1 Å². The van der Waals surface area contributed by atoms with Crippen molar-refractivity contribution < 1.29 is 9.21 Å². The molecule has 0 spiro atoms. The largest absolute Gasteiger partial charge is 0.450 e. The molecule has 0 unspecified atom stereocenters. The van der Waals surface area contributed by atoms with E-state index in [1.54, 1.807) is 24.5 Å². The monoisotopic (exact) mass is 445 g/mol. The van der Waals surface area contributed by atoms with Gasteiger partial charge in [-0.25, -0.2) is 0 Å². The summed E-state index contributed by atoms with van der Waals surface area (Å²) in [5.41, 5.74) is 1.89. The molecule has 3 heterocycles. The fourth-order valence-corrected chi connectivity index (χ4v) is 4.10. The van der Waals surface area contributed by atoms with Crippen LogP contribution in [-0.4, -0.2) is 21.1 Å². The number of carbonyl (C=O) groups is 1. The van der Waals surface area contributed by atoms with Crippen LogP contribution in [-0.2, 0) is 10.5 Å². The van der Waals surface area contributed by atoms with E-state index in [4.69, 9.17) is 4.42 Å². The van der Waals surface area contributed by atoms with Crippen molar-refractivity contribution >= 4 is 40.2 Å². The summed E-state index contributed by atoms with van der Waals surface area (Å²) >= 11 is 2.74. The average molecular weight is 446 g/mol. The molecule has 152 valence electrons. The molecule has 0 fully saturated rings. The van der Waals surface area contributed by atoms with Crippen LogP contribution < -0.4 is 5.32 Å². The van der Waals surface area contributed by atoms with Gasteiger partial charge in [-0.15, -0.1) is 10.2 Å². The van der Waals surface area contributed by atoms with Crippen molar-refractivity contribution in [2.45, 2.75) is 10.8 Å². The van der Waals surface area contributed by atoms with E-state index in [0.717, 1.165) is 11.3 Å². The van der Waals surface area contributed by atoms with Crippen LogP contribution in [0.1, 0.15) is 11.3 Å². The van der Waals surface area contributed by atoms with Crippen LogP contribution >= 0.6 is 23.1 Å². The predicted molar refractivity (Wildman–Crippen MR) is 120 cm³/mol. The maximum atomic E-state index is 12.5. The molecule has 0 aliphatic heterocycles. The third-order valence-electron chi connectivity index (χ3n) is 4.03. The van der Waals surface area contributed by atoms with Gasteiger partial charge >= 0.3 is 0 Å². The molecule has 4 rings (SSSR count). The van der Waals surface area contributed by atoms with Crippen LogP contribution in [0.25, 0.3) is 16.6 Å². The Labute approximate surface area is 186 Å². The fourth-order valence-electron chi connectivity index (χ4n) is 2.55. The first-order valence-corrected chi connectivity index (χ1v) is 10.9. The van der Waals surface area contributed by atoms with Crippen LogP contribution in [0.15, 0.2) is 82.1 Å². The van der Waals surface area contributed by atoms with Crippen molar-refractivity contribution in [2.75, 3.05) is 5.32 Å². The van der Waals surface area contributed by atoms with E-state index in [2.05, 4.69) is 20.5 Å². The van der Waals surface area contributed by atoms with E-state index in [1.165, 1.54) is 34.7 Å². The lowest BCUT2D eigenvalue weighted by Gasteiger charge is -1.99. The number of hydrogen-bond acceptors (Lipinski definition) is 8. The number of anilines is 1. The summed E-state index contributed by atoms with van der Waals surface area (Å²) in [6.07, 6.45) is 4.74. The standard InChI is InChI=1S/C22H15N5O2S2/c23-12-17(11-18-8-9-19(29-18)30-14-15-5-2-1-3-6-15)20(28)25-22-27-26-21(31-22)16-7-4-10-24-13-16/h1-11,13H,14H2,(H,25,27,28)/b17-11-. The number of furan rings is 1. The maximum Gasteiger partial charge on any atom is 0.268 e. The number of carbonyl (C=O) groups excluding carboxylic acids is 1. The fraction of sp³-hybridized carbons (Fsp3) is 0.0455. The number of aromatic nitrogens is 3. The molecule has 0 atom stereocenters. The first-order valence-electron chi connectivity index (χ1n) is 9.15. The summed E-state index contributed by atoms with van der Waals surface area (Å²) < 4.78 is 5.72. The number of thioether (sulfide) groups is 1. The highest BCUT2D eigenvalue weighted by Gasteiger charge is 2.14. The normalized spacial score (nSPS) is 11.1. The summed E-state index contributed by atoms with van der Waals surface area (Å²) in [5.74, 6) is 0.612. The minimum atomic E-state index is -0.578. The highest BCUT2D eigenvalue weighted by molar-refractivity contribution is 7.98. The van der Waals surface area contributed by atoms with Crippen molar-refractivity contribution in [2.24, 2.45) is 0 Å². The van der Waals surface area contributed by atoms with Crippen molar-refractivity contribution in [1.82, 2.24) is 15.2 Å². The van der Waals surface area contributed by atoms with E-state index < -0.39 is 5.91 Å². The number of amides is 1. The molecule has 0 aliphatic rings. The molecule has 0 radical (unpaired) electrons. The molecule has 1 amide bonds. The Hall–Kier alpha value is -3.74. The molecule has 0 aliphatic carbocycles. The lowest BCUT2D eigenvalue weighted by Crippen LogP contribution is -2.13. The number of nitriles is 1. The molecule has 0 bridgehead atoms. The second-order valence-electron chi connectivity index (χ2n) is 6.21. The Bertz CT molecular complexity index is 1240. The summed E-state index contributed by atoms with van der Waals surface area (Å²) in [7, 11) is 0. The van der Waals surface area contributed by atoms with Gasteiger partial charge in [-0.2, -0.15) is 5.26 Å². The predicted octanol–water partition coefficient (Wildman–Crippen LogP) is 5.03. The lowest BCUT2D eigenvalue weighted by molar-refractivity contribution is -0.112. The van der Waals surface area contributed by atoms with Gasteiger partial charge in [0.15, 0.2) is 10.1 Å². The molecule has 1 N–H and O–H groups in total. The molecule has 3 aromatic heterocycles. The Morgan fingerprint density at radius 3 is 2.81 bits per heavy atom. The highest BCUT2D eigenvalue weighted by atomic mass is 32.2. The molecular formula is C22H15N5O2S2. The Balaban J connectivity index is 1.40. The maximum absolute atomic E-state index is 12.5. The third-order valence-corrected chi connectivity index (χ3v) is 5.90. The van der Waals surface area contributed by atoms with Gasteiger partial charge in [-0.05, 0) is 29.8 Å². The smallest absolute Gasteiger partial charge is 0.268 e. The van der Waals surface area contributed by atoms with Gasteiger partial charge in [0.05, 0.1) is 0 Å². The van der Waals surface area contributed by atoms with Crippen LogP contribution in [0.4, 0.5) is 5.13 Å². The molecule has 31 heavy (non-hydrogen) atoms. The van der Waals surface area contributed by atoms with Crippen molar-refractivity contribution in [3.63, 3.8) is 0 Å². The third kappa shape index (κ3) is 5.45. The van der Waals surface area contributed by atoms with E-state index in [-0.39, 0.29) is 5.57 Å². The van der Waals surface area contributed by atoms with E-state index >= 15 is 0 Å². The molecule has 0 saturated heterocycles. The van der Waals surface area contributed by atoms with Gasteiger partial charge < -0.3 is 4.42 Å². The Morgan fingerprint density at radius 2 is 2.03 bits per heavy atom. The van der Waals surface area contributed by atoms with Gasteiger partial charge in [-0.1, -0.05) is 53.4 Å². The van der Waals surface area contributed by atoms with Gasteiger partial charge in [-0.3, -0.25) is 15.1 Å². The zero-order chi connectivity index (χ0) is 21.5. The second-order valence-corrected chi connectivity index (χ2v) is 8.17. The zero-order valence-corrected chi connectivity index (χ0v) is 17.7. The van der Waals surface area contributed by atoms with Crippen molar-refractivity contribution in [3.8, 4) is 16.6 Å². The summed E-state index contributed by atoms with van der Waals surface area (Å²) in [5, 5.41) is 21.6. The lowest BCUT2D eigenvalue weighted by atomic mass is 10.2. The Kier molecular flexibility index (Phi) is 6.52. The number of nitrogens with one attached hydrogen (secondary N) is 1. The highest BCUT2D eigenvalue weighted by Crippen LogP contribution is 2.27. The van der Waals surface area contributed by atoms with Crippen LogP contribution in [0, 0.1) is 11.3 Å². The molecule has 7 nitrogen and oxygen atoms in total. The summed E-state index contributed by atoms with van der Waals surface area (Å²) in [6, 6.07) is 19.1. The van der Waals surface area contributed by atoms with Gasteiger partial charge in [0.2, 0.25) is 5.13 Å². The average Bonchev–Trinajstić information content (AvgIpc) is 3.47. The summed E-state index contributed by atoms with van der Waals surface area (Å²) in [4.78, 5) is 16.5. The first kappa shape index (κ1) is 20.5. The van der Waals surface area contributed by atoms with E-state index in [0.29, 0.717) is 21.0 Å². The van der Waals surface area contributed by atoms with Gasteiger partial charge in [0.1, 0.15) is 17.4 Å². The minimum absolute atomic E-state index is 0.0907. The first-order chi connectivity index (χ1) is 15.2. The number of hydrogen-bond donors (Lipinski definition) is 1. The number of rotatable bonds is 7. The molecular weight excluding hydrogens is 430 g/mol. The molecule has 4 aromatic rings. The van der Waals surface area contributed by atoms with Crippen molar-refractivity contribution in [3.05, 3.63) is 83.9 Å². The SMILES string of the molecule is N#C/C(=C/c1ccc(SCc2ccccc2)o1)C(=O)Nc1nnc(-c2cccnc2)s1. The number of pyridine rings is 1. The number of benzene rings is 1. The molecule has 1 aromatic carbocycles. The Morgan fingerprint density at radius 1 is 1.16 bits per heavy atom. The molecule has 0 saturated carbocycles. The zero-order valence-electron chi connectivity index (χ0n) is 16.1. The topological polar surface area (TPSA) is 105 Å². The second kappa shape index (κ2) is 9.84. The van der Waals surface area contributed by atoms with Crippen LogP contribution in [0.2, 0.25) is 0 Å². The van der Waals surface area contributed by atoms with Crippen molar-refractivity contribution in [1.29, 1.82) is 5.26 Å². The van der Waals surface area contributed by atoms with Crippen LogP contribution in [0.5, 0.6) is 0 Å². The minimum Gasteiger partial charge on any atom is -0.450 e. The van der Waals surface area contributed by atoms with E-state index in [1.807, 2.05) is 48.5 Å². The van der Waals surface area contributed by atoms with Gasteiger partial charge in [0.25, 0.3) is 5.91 Å². The summed E-state index contributed by atoms with van der Waals surface area (Å²) in [6.45, 7) is 0. The van der Waals surface area contributed by atoms with Crippen LogP contribution in [0.3, 0.4) is 0 Å². The molecule has 9 heteroatoms. The quantitative estimate of drug-likeness (QED) is 0.242. The van der Waals surface area contributed by atoms with Gasteiger partial charge in [0, 0.05) is 29.8 Å².